The number of anilines is 3. The van der Waals surface area contributed by atoms with Crippen LogP contribution in [0.2, 0.25) is 0 Å². The minimum Gasteiger partial charge on any atom is -0.459 e. The first-order valence-electron chi connectivity index (χ1n) is 10.5. The van der Waals surface area contributed by atoms with E-state index in [1.807, 2.05) is 4.90 Å². The average molecular weight is 432 g/mol. The quantitative estimate of drug-likeness (QED) is 0.527. The van der Waals surface area contributed by atoms with E-state index in [0.29, 0.717) is 22.6 Å². The summed E-state index contributed by atoms with van der Waals surface area (Å²) in [5, 5.41) is 8.58. The van der Waals surface area contributed by atoms with Gasteiger partial charge in [0, 0.05) is 35.7 Å². The van der Waals surface area contributed by atoms with Crippen molar-refractivity contribution >= 4 is 34.8 Å². The molecule has 2 heterocycles. The molecule has 164 valence electrons. The van der Waals surface area contributed by atoms with Gasteiger partial charge in [0.05, 0.1) is 12.8 Å². The molecule has 0 saturated carbocycles. The number of hydrogen-bond donors (Lipinski definition) is 3. The van der Waals surface area contributed by atoms with Crippen LogP contribution in [0.5, 0.6) is 0 Å². The monoisotopic (exact) mass is 432 g/mol. The summed E-state index contributed by atoms with van der Waals surface area (Å²) in [4.78, 5) is 38.6. The van der Waals surface area contributed by atoms with Crippen LogP contribution in [0, 0.1) is 0 Å². The number of carbonyl (C=O) groups excluding carboxylic acids is 3. The Morgan fingerprint density at radius 2 is 1.59 bits per heavy atom. The summed E-state index contributed by atoms with van der Waals surface area (Å²) in [6.45, 7) is 1.65. The number of nitrogens with zero attached hydrogens (tertiary/aromatic N) is 1. The third-order valence-electron chi connectivity index (χ3n) is 5.13. The van der Waals surface area contributed by atoms with Gasteiger partial charge in [-0.15, -0.1) is 0 Å². The minimum absolute atomic E-state index is 0.0288. The molecule has 0 bridgehead atoms. The van der Waals surface area contributed by atoms with Crippen LogP contribution in [0.25, 0.3) is 0 Å². The van der Waals surface area contributed by atoms with Crippen LogP contribution >= 0.6 is 0 Å². The highest BCUT2D eigenvalue weighted by Crippen LogP contribution is 2.17. The summed E-state index contributed by atoms with van der Waals surface area (Å²) in [5.41, 5.74) is 2.50. The first-order chi connectivity index (χ1) is 15.6. The number of likely N-dealkylation sites (tertiary alicyclic amines) is 1. The lowest BCUT2D eigenvalue weighted by atomic mass is 10.2. The summed E-state index contributed by atoms with van der Waals surface area (Å²) in [7, 11) is 0. The normalized spacial score (nSPS) is 12.9. The highest BCUT2D eigenvalue weighted by molar-refractivity contribution is 6.02. The molecule has 32 heavy (non-hydrogen) atoms. The molecule has 8 nitrogen and oxygen atoms in total. The molecule has 1 aliphatic rings. The fraction of sp³-hybridized carbons (Fsp3) is 0.208. The summed E-state index contributed by atoms with van der Waals surface area (Å²) in [6, 6.07) is 17.2. The zero-order chi connectivity index (χ0) is 22.3. The molecule has 0 spiro atoms. The first kappa shape index (κ1) is 21.2. The van der Waals surface area contributed by atoms with E-state index in [1.165, 1.54) is 6.26 Å². The standard InChI is InChI=1S/C24H24N4O4/c29-22(26-18-10-8-17(9-11-18)24(31)28-12-1-2-13-28)16-25-19-5-3-6-20(15-19)27-23(30)21-7-4-14-32-21/h3-11,14-15,25H,1-2,12-13,16H2,(H,26,29)(H,27,30). The number of amides is 3. The van der Waals surface area contributed by atoms with Gasteiger partial charge in [-0.2, -0.15) is 0 Å². The Morgan fingerprint density at radius 3 is 2.31 bits per heavy atom. The van der Waals surface area contributed by atoms with E-state index in [0.717, 1.165) is 25.9 Å². The van der Waals surface area contributed by atoms with E-state index in [1.54, 1.807) is 60.7 Å². The summed E-state index contributed by atoms with van der Waals surface area (Å²) in [6.07, 6.45) is 3.53. The lowest BCUT2D eigenvalue weighted by molar-refractivity contribution is -0.114. The number of hydrogen-bond acceptors (Lipinski definition) is 5. The fourth-order valence-electron chi connectivity index (χ4n) is 3.49. The number of furan rings is 1. The SMILES string of the molecule is O=C(CNc1cccc(NC(=O)c2ccco2)c1)Nc1ccc(C(=O)N2CCCC2)cc1. The molecule has 8 heteroatoms. The van der Waals surface area contributed by atoms with Gasteiger partial charge >= 0.3 is 0 Å². The molecule has 0 unspecified atom stereocenters. The van der Waals surface area contributed by atoms with Gasteiger partial charge in [-0.25, -0.2) is 0 Å². The van der Waals surface area contributed by atoms with Crippen molar-refractivity contribution in [2.75, 3.05) is 35.6 Å². The van der Waals surface area contributed by atoms with Crippen molar-refractivity contribution in [3.05, 3.63) is 78.3 Å². The molecule has 3 amide bonds. The molecule has 3 aromatic rings. The molecule has 1 saturated heterocycles. The molecule has 4 rings (SSSR count). The lowest BCUT2D eigenvalue weighted by Gasteiger charge is -2.15. The Morgan fingerprint density at radius 1 is 0.844 bits per heavy atom. The Kier molecular flexibility index (Phi) is 6.50. The van der Waals surface area contributed by atoms with Gasteiger partial charge in [0.15, 0.2) is 5.76 Å². The molecule has 0 aliphatic carbocycles. The van der Waals surface area contributed by atoms with Gasteiger partial charge in [-0.05, 0) is 67.4 Å². The second-order valence-electron chi connectivity index (χ2n) is 7.49. The van der Waals surface area contributed by atoms with Crippen LogP contribution in [0.3, 0.4) is 0 Å². The van der Waals surface area contributed by atoms with Gasteiger partial charge < -0.3 is 25.3 Å². The third kappa shape index (κ3) is 5.34. The maximum absolute atomic E-state index is 12.4. The van der Waals surface area contributed by atoms with Crippen LogP contribution in [-0.2, 0) is 4.79 Å². The number of carbonyl (C=O) groups is 3. The van der Waals surface area contributed by atoms with E-state index >= 15 is 0 Å². The molecule has 2 aromatic carbocycles. The van der Waals surface area contributed by atoms with E-state index in [9.17, 15) is 14.4 Å². The van der Waals surface area contributed by atoms with Crippen molar-refractivity contribution in [1.29, 1.82) is 0 Å². The number of benzene rings is 2. The highest BCUT2D eigenvalue weighted by atomic mass is 16.3. The molecule has 1 aliphatic heterocycles. The molecule has 1 fully saturated rings. The number of nitrogens with one attached hydrogen (secondary N) is 3. The highest BCUT2D eigenvalue weighted by Gasteiger charge is 2.19. The zero-order valence-electron chi connectivity index (χ0n) is 17.5. The van der Waals surface area contributed by atoms with E-state index in [4.69, 9.17) is 4.42 Å². The second-order valence-corrected chi connectivity index (χ2v) is 7.49. The van der Waals surface area contributed by atoms with Gasteiger partial charge in [-0.1, -0.05) is 6.07 Å². The van der Waals surface area contributed by atoms with Crippen LogP contribution in [-0.4, -0.2) is 42.3 Å². The first-order valence-corrected chi connectivity index (χ1v) is 10.5. The predicted molar refractivity (Wildman–Crippen MR) is 122 cm³/mol. The Bertz CT molecular complexity index is 1090. The van der Waals surface area contributed by atoms with Crippen molar-refractivity contribution in [1.82, 2.24) is 4.90 Å². The summed E-state index contributed by atoms with van der Waals surface area (Å²) >= 11 is 0. The predicted octanol–water partition coefficient (Wildman–Crippen LogP) is 3.82. The van der Waals surface area contributed by atoms with Crippen molar-refractivity contribution in [2.24, 2.45) is 0 Å². The molecular formula is C24H24N4O4. The average Bonchev–Trinajstić information content (AvgIpc) is 3.53. The Hall–Kier alpha value is -4.07. The molecule has 0 radical (unpaired) electrons. The van der Waals surface area contributed by atoms with Gasteiger partial charge in [-0.3, -0.25) is 14.4 Å². The fourth-order valence-corrected chi connectivity index (χ4v) is 3.49. The van der Waals surface area contributed by atoms with Gasteiger partial charge in [0.2, 0.25) is 5.91 Å². The Balaban J connectivity index is 1.27. The van der Waals surface area contributed by atoms with Crippen LogP contribution in [0.1, 0.15) is 33.8 Å². The summed E-state index contributed by atoms with van der Waals surface area (Å²) in [5.74, 6) is -0.331. The third-order valence-corrected chi connectivity index (χ3v) is 5.13. The van der Waals surface area contributed by atoms with Gasteiger partial charge in [0.25, 0.3) is 11.8 Å². The van der Waals surface area contributed by atoms with Crippen molar-refractivity contribution in [3.8, 4) is 0 Å². The lowest BCUT2D eigenvalue weighted by Crippen LogP contribution is -2.27. The van der Waals surface area contributed by atoms with E-state index in [2.05, 4.69) is 16.0 Å². The molecule has 0 atom stereocenters. The maximum Gasteiger partial charge on any atom is 0.291 e. The van der Waals surface area contributed by atoms with Crippen molar-refractivity contribution in [2.45, 2.75) is 12.8 Å². The maximum atomic E-state index is 12.4. The zero-order valence-corrected chi connectivity index (χ0v) is 17.5. The molecule has 1 aromatic heterocycles. The van der Waals surface area contributed by atoms with E-state index in [-0.39, 0.29) is 30.0 Å². The van der Waals surface area contributed by atoms with Crippen LogP contribution in [0.4, 0.5) is 17.1 Å². The Labute approximate surface area is 185 Å². The molecular weight excluding hydrogens is 408 g/mol. The van der Waals surface area contributed by atoms with E-state index < -0.39 is 0 Å². The number of rotatable bonds is 7. The largest absolute Gasteiger partial charge is 0.459 e. The van der Waals surface area contributed by atoms with Gasteiger partial charge in [0.1, 0.15) is 0 Å². The van der Waals surface area contributed by atoms with Crippen LogP contribution < -0.4 is 16.0 Å². The van der Waals surface area contributed by atoms with Crippen molar-refractivity contribution in [3.63, 3.8) is 0 Å². The topological polar surface area (TPSA) is 104 Å². The molecule has 3 N–H and O–H groups in total. The second kappa shape index (κ2) is 9.82. The van der Waals surface area contributed by atoms with Crippen LogP contribution in [0.15, 0.2) is 71.3 Å². The van der Waals surface area contributed by atoms with Crippen molar-refractivity contribution < 1.29 is 18.8 Å². The smallest absolute Gasteiger partial charge is 0.291 e. The summed E-state index contributed by atoms with van der Waals surface area (Å²) < 4.78 is 5.08. The minimum atomic E-state index is -0.350.